The Kier molecular flexibility index (Phi) is 4.29. The number of fused-ring (bicyclic) bond motifs is 1. The van der Waals surface area contributed by atoms with Crippen LogP contribution in [0.2, 0.25) is 0 Å². The molecule has 1 aromatic heterocycles. The van der Waals surface area contributed by atoms with Crippen molar-refractivity contribution in [1.29, 1.82) is 0 Å². The van der Waals surface area contributed by atoms with Crippen LogP contribution in [0, 0.1) is 0 Å². The van der Waals surface area contributed by atoms with Crippen LogP contribution in [0.25, 0.3) is 11.1 Å². The van der Waals surface area contributed by atoms with Crippen LogP contribution in [0.15, 0.2) is 22.6 Å². The zero-order chi connectivity index (χ0) is 15.5. The number of rotatable bonds is 6. The lowest BCUT2D eigenvalue weighted by Crippen LogP contribution is -2.31. The summed E-state index contributed by atoms with van der Waals surface area (Å²) in [6, 6.07) is 5.15. The molecule has 2 amide bonds. The molecule has 1 unspecified atom stereocenters. The second kappa shape index (κ2) is 6.36. The normalized spacial score (nSPS) is 15.7. The van der Waals surface area contributed by atoms with Crippen LogP contribution in [0.3, 0.4) is 0 Å². The van der Waals surface area contributed by atoms with E-state index in [0.29, 0.717) is 36.6 Å². The number of oxazole rings is 1. The number of carbonyl (C=O) groups excluding carboxylic acids is 1. The molecular formula is C16H21N3O3. The van der Waals surface area contributed by atoms with Crippen LogP contribution < -0.4 is 10.6 Å². The average Bonchev–Trinajstić information content (AvgIpc) is 3.27. The van der Waals surface area contributed by atoms with E-state index < -0.39 is 0 Å². The summed E-state index contributed by atoms with van der Waals surface area (Å²) in [5, 5.41) is 14.9. The molecule has 1 aromatic carbocycles. The lowest BCUT2D eigenvalue weighted by atomic mass is 10.2. The number of nitrogens with one attached hydrogen (secondary N) is 2. The molecule has 0 aliphatic heterocycles. The maximum Gasteiger partial charge on any atom is 0.319 e. The Morgan fingerprint density at radius 3 is 3.05 bits per heavy atom. The molecule has 22 heavy (non-hydrogen) atoms. The number of hydrogen-bond acceptors (Lipinski definition) is 4. The van der Waals surface area contributed by atoms with Crippen molar-refractivity contribution < 1.29 is 14.3 Å². The first kappa shape index (κ1) is 14.8. The smallest absolute Gasteiger partial charge is 0.319 e. The van der Waals surface area contributed by atoms with Crippen molar-refractivity contribution in [3.05, 3.63) is 24.1 Å². The topological polar surface area (TPSA) is 87.4 Å². The van der Waals surface area contributed by atoms with Gasteiger partial charge >= 0.3 is 6.03 Å². The number of nitrogens with zero attached hydrogens (tertiary/aromatic N) is 1. The summed E-state index contributed by atoms with van der Waals surface area (Å²) in [5.74, 6) is 1.27. The molecule has 118 valence electrons. The Morgan fingerprint density at radius 1 is 1.50 bits per heavy atom. The van der Waals surface area contributed by atoms with E-state index in [1.807, 2.05) is 19.1 Å². The van der Waals surface area contributed by atoms with Gasteiger partial charge in [0.1, 0.15) is 5.52 Å². The molecule has 1 aliphatic rings. The number of aliphatic hydroxyl groups is 1. The summed E-state index contributed by atoms with van der Waals surface area (Å²) in [5.41, 5.74) is 2.18. The Hall–Kier alpha value is -2.08. The van der Waals surface area contributed by atoms with Crippen molar-refractivity contribution in [1.82, 2.24) is 10.3 Å². The highest BCUT2D eigenvalue weighted by atomic mass is 16.3. The molecule has 0 saturated heterocycles. The molecule has 1 aliphatic carbocycles. The van der Waals surface area contributed by atoms with Gasteiger partial charge in [-0.15, -0.1) is 0 Å². The van der Waals surface area contributed by atoms with Crippen molar-refractivity contribution in [2.24, 2.45) is 0 Å². The number of carbonyl (C=O) groups is 1. The van der Waals surface area contributed by atoms with Crippen molar-refractivity contribution in [2.45, 2.75) is 44.6 Å². The quantitative estimate of drug-likeness (QED) is 0.765. The zero-order valence-electron chi connectivity index (χ0n) is 12.6. The summed E-state index contributed by atoms with van der Waals surface area (Å²) in [6.45, 7) is 2.35. The first-order chi connectivity index (χ1) is 10.7. The number of amides is 2. The van der Waals surface area contributed by atoms with E-state index in [4.69, 9.17) is 4.42 Å². The Balaban J connectivity index is 1.57. The van der Waals surface area contributed by atoms with Crippen LogP contribution in [-0.2, 0) is 0 Å². The molecule has 3 rings (SSSR count). The van der Waals surface area contributed by atoms with Gasteiger partial charge in [0.2, 0.25) is 0 Å². The third-order valence-electron chi connectivity index (χ3n) is 3.82. The molecule has 1 heterocycles. The van der Waals surface area contributed by atoms with Crippen LogP contribution in [0.4, 0.5) is 10.5 Å². The average molecular weight is 303 g/mol. The van der Waals surface area contributed by atoms with Gasteiger partial charge in [0.25, 0.3) is 0 Å². The van der Waals surface area contributed by atoms with E-state index in [1.165, 1.54) is 0 Å². The zero-order valence-corrected chi connectivity index (χ0v) is 12.6. The summed E-state index contributed by atoms with van der Waals surface area (Å²) < 4.78 is 5.73. The molecule has 0 spiro atoms. The van der Waals surface area contributed by atoms with Gasteiger partial charge in [0.15, 0.2) is 11.5 Å². The number of anilines is 1. The predicted octanol–water partition coefficient (Wildman–Crippen LogP) is 2.99. The highest BCUT2D eigenvalue weighted by Crippen LogP contribution is 2.40. The second-order valence-corrected chi connectivity index (χ2v) is 5.74. The fraction of sp³-hybridized carbons (Fsp3) is 0.500. The molecule has 1 fully saturated rings. The minimum Gasteiger partial charge on any atom is -0.440 e. The standard InChI is InChI=1S/C16H21N3O3/c1-2-12(20)7-8-17-16(21)18-11-5-6-13-14(9-11)22-15(19-13)10-3-4-10/h5-6,9-10,12,20H,2-4,7-8H2,1H3,(H2,17,18,21). The van der Waals surface area contributed by atoms with Gasteiger partial charge < -0.3 is 20.2 Å². The number of urea groups is 1. The van der Waals surface area contributed by atoms with Crippen LogP contribution in [0.5, 0.6) is 0 Å². The fourth-order valence-corrected chi connectivity index (χ4v) is 2.26. The molecular weight excluding hydrogens is 282 g/mol. The van der Waals surface area contributed by atoms with Gasteiger partial charge in [-0.1, -0.05) is 6.92 Å². The van der Waals surface area contributed by atoms with E-state index in [1.54, 1.807) is 6.07 Å². The van der Waals surface area contributed by atoms with Gasteiger partial charge in [0.05, 0.1) is 6.10 Å². The molecule has 0 radical (unpaired) electrons. The first-order valence-electron chi connectivity index (χ1n) is 7.79. The number of benzene rings is 1. The van der Waals surface area contributed by atoms with Gasteiger partial charge in [0, 0.05) is 24.2 Å². The third-order valence-corrected chi connectivity index (χ3v) is 3.82. The van der Waals surface area contributed by atoms with Crippen LogP contribution in [0.1, 0.15) is 44.4 Å². The molecule has 6 heteroatoms. The molecule has 6 nitrogen and oxygen atoms in total. The lowest BCUT2D eigenvalue weighted by molar-refractivity contribution is 0.160. The number of hydrogen-bond donors (Lipinski definition) is 3. The van der Waals surface area contributed by atoms with Gasteiger partial charge in [-0.3, -0.25) is 0 Å². The first-order valence-corrected chi connectivity index (χ1v) is 7.79. The molecule has 2 aromatic rings. The Morgan fingerprint density at radius 2 is 2.32 bits per heavy atom. The lowest BCUT2D eigenvalue weighted by Gasteiger charge is -2.09. The van der Waals surface area contributed by atoms with Crippen molar-refractivity contribution in [3.63, 3.8) is 0 Å². The number of aromatic nitrogens is 1. The van der Waals surface area contributed by atoms with E-state index in [0.717, 1.165) is 24.2 Å². The van der Waals surface area contributed by atoms with Crippen LogP contribution in [-0.4, -0.2) is 28.8 Å². The van der Waals surface area contributed by atoms with Crippen molar-refractivity contribution in [3.8, 4) is 0 Å². The molecule has 3 N–H and O–H groups in total. The maximum atomic E-state index is 11.8. The summed E-state index contributed by atoms with van der Waals surface area (Å²) in [6.07, 6.45) is 3.16. The summed E-state index contributed by atoms with van der Waals surface area (Å²) >= 11 is 0. The second-order valence-electron chi connectivity index (χ2n) is 5.74. The molecule has 1 atom stereocenters. The Labute approximate surface area is 128 Å². The van der Waals surface area contributed by atoms with E-state index in [-0.39, 0.29) is 12.1 Å². The van der Waals surface area contributed by atoms with E-state index in [2.05, 4.69) is 15.6 Å². The largest absolute Gasteiger partial charge is 0.440 e. The predicted molar refractivity (Wildman–Crippen MR) is 83.9 cm³/mol. The van der Waals surface area contributed by atoms with Gasteiger partial charge in [-0.2, -0.15) is 0 Å². The maximum absolute atomic E-state index is 11.8. The summed E-state index contributed by atoms with van der Waals surface area (Å²) in [4.78, 5) is 16.2. The van der Waals surface area contributed by atoms with Gasteiger partial charge in [-0.25, -0.2) is 9.78 Å². The molecule has 0 bridgehead atoms. The SMILES string of the molecule is CCC(O)CCNC(=O)Nc1ccc2nc(C3CC3)oc2c1. The van der Waals surface area contributed by atoms with Crippen molar-refractivity contribution in [2.75, 3.05) is 11.9 Å². The van der Waals surface area contributed by atoms with E-state index >= 15 is 0 Å². The minimum atomic E-state index is -0.369. The van der Waals surface area contributed by atoms with Crippen molar-refractivity contribution >= 4 is 22.8 Å². The Bertz CT molecular complexity index is 664. The third kappa shape index (κ3) is 3.57. The number of aliphatic hydroxyl groups excluding tert-OH is 1. The van der Waals surface area contributed by atoms with E-state index in [9.17, 15) is 9.90 Å². The summed E-state index contributed by atoms with van der Waals surface area (Å²) in [7, 11) is 0. The van der Waals surface area contributed by atoms with Gasteiger partial charge in [-0.05, 0) is 37.8 Å². The molecule has 1 saturated carbocycles. The highest BCUT2D eigenvalue weighted by molar-refractivity contribution is 5.91. The minimum absolute atomic E-state index is 0.287. The fourth-order valence-electron chi connectivity index (χ4n) is 2.26. The highest BCUT2D eigenvalue weighted by Gasteiger charge is 2.28. The van der Waals surface area contributed by atoms with Crippen LogP contribution >= 0.6 is 0 Å². The monoisotopic (exact) mass is 303 g/mol.